The van der Waals surface area contributed by atoms with Crippen LogP contribution >= 0.6 is 22.4 Å². The number of halogens is 1. The van der Waals surface area contributed by atoms with Gasteiger partial charge in [0.15, 0.2) is 0 Å². The van der Waals surface area contributed by atoms with Crippen LogP contribution in [0.1, 0.15) is 13.8 Å². The van der Waals surface area contributed by atoms with E-state index in [9.17, 15) is 0 Å². The molecule has 0 aromatic heterocycles. The molecule has 0 saturated carbocycles. The number of rotatable bonds is 0. The van der Waals surface area contributed by atoms with E-state index in [1.165, 1.54) is 0 Å². The molecular formula is C10H6BI. The lowest BCUT2D eigenvalue weighted by molar-refractivity contribution is 1.92. The summed E-state index contributed by atoms with van der Waals surface area (Å²) in [4.78, 5) is 0. The summed E-state index contributed by atoms with van der Waals surface area (Å²) in [6.45, 7) is 3.51. The molecule has 0 N–H and O–H groups in total. The summed E-state index contributed by atoms with van der Waals surface area (Å²) in [5, 5.41) is 0. The van der Waals surface area contributed by atoms with Gasteiger partial charge < -0.3 is 0 Å². The van der Waals surface area contributed by atoms with Crippen LogP contribution in [0.15, 0.2) is 0 Å². The minimum absolute atomic E-state index is 0.0179. The SMILES string of the molecule is CC#CC#CB(I)C#CC#CC. The molecule has 0 aliphatic heterocycles. The highest BCUT2D eigenvalue weighted by Crippen LogP contribution is 1.88. The Morgan fingerprint density at radius 3 is 1.58 bits per heavy atom. The first-order chi connectivity index (χ1) is 5.81. The van der Waals surface area contributed by atoms with Gasteiger partial charge in [0, 0.05) is 0 Å². The highest BCUT2D eigenvalue weighted by molar-refractivity contribution is 14.1. The predicted octanol–water partition coefficient (Wildman–Crippen LogP) is 1.54. The molecule has 0 aromatic rings. The van der Waals surface area contributed by atoms with E-state index in [4.69, 9.17) is 0 Å². The van der Waals surface area contributed by atoms with Gasteiger partial charge in [-0.15, -0.1) is 34.0 Å². The van der Waals surface area contributed by atoms with Crippen molar-refractivity contribution in [1.29, 1.82) is 0 Å². The van der Waals surface area contributed by atoms with Crippen molar-refractivity contribution in [3.05, 3.63) is 0 Å². The van der Waals surface area contributed by atoms with E-state index in [0.717, 1.165) is 0 Å². The maximum absolute atomic E-state index is 2.86. The van der Waals surface area contributed by atoms with E-state index in [0.29, 0.717) is 0 Å². The third-order valence-electron chi connectivity index (χ3n) is 0.773. The van der Waals surface area contributed by atoms with Gasteiger partial charge in [-0.3, -0.25) is 0 Å². The van der Waals surface area contributed by atoms with Crippen LogP contribution in [-0.4, -0.2) is 4.57 Å². The smallest absolute Gasteiger partial charge is 0.112 e. The second-order valence-corrected chi connectivity index (χ2v) is 2.90. The van der Waals surface area contributed by atoms with Gasteiger partial charge in [-0.25, -0.2) is 0 Å². The first kappa shape index (κ1) is 11.0. The number of hydrogen-bond donors (Lipinski definition) is 0. The van der Waals surface area contributed by atoms with Gasteiger partial charge >= 0.3 is 4.57 Å². The Morgan fingerprint density at radius 2 is 1.25 bits per heavy atom. The molecule has 0 heterocycles. The van der Waals surface area contributed by atoms with Crippen LogP contribution in [0.4, 0.5) is 0 Å². The lowest BCUT2D eigenvalue weighted by Gasteiger charge is -1.75. The van der Waals surface area contributed by atoms with Crippen LogP contribution in [0.2, 0.25) is 0 Å². The van der Waals surface area contributed by atoms with Gasteiger partial charge in [-0.1, -0.05) is 11.8 Å². The molecule has 56 valence electrons. The molecule has 0 aliphatic rings. The molecule has 0 fully saturated rings. The van der Waals surface area contributed by atoms with E-state index in [2.05, 4.69) is 69.5 Å². The van der Waals surface area contributed by atoms with Gasteiger partial charge in [-0.2, -0.15) is 0 Å². The monoisotopic (exact) mass is 264 g/mol. The van der Waals surface area contributed by atoms with Crippen LogP contribution in [0.5, 0.6) is 0 Å². The van der Waals surface area contributed by atoms with Gasteiger partial charge in [0.1, 0.15) is 0 Å². The molecule has 2 heteroatoms. The topological polar surface area (TPSA) is 0 Å². The maximum atomic E-state index is 2.86. The lowest BCUT2D eigenvalue weighted by Crippen LogP contribution is -1.93. The quantitative estimate of drug-likeness (QED) is 0.353. The minimum atomic E-state index is 0.0179. The second kappa shape index (κ2) is 8.13. The van der Waals surface area contributed by atoms with Gasteiger partial charge in [0.2, 0.25) is 0 Å². The zero-order valence-corrected chi connectivity index (χ0v) is 9.11. The van der Waals surface area contributed by atoms with Crippen LogP contribution in [0, 0.1) is 47.2 Å². The van der Waals surface area contributed by atoms with Crippen molar-refractivity contribution < 1.29 is 0 Å². The van der Waals surface area contributed by atoms with Crippen molar-refractivity contribution in [1.82, 2.24) is 0 Å². The van der Waals surface area contributed by atoms with Crippen LogP contribution in [0.25, 0.3) is 0 Å². The normalized spacial score (nSPS) is 4.92. The summed E-state index contributed by atoms with van der Waals surface area (Å²) in [6, 6.07) is 0. The van der Waals surface area contributed by atoms with Gasteiger partial charge in [0.25, 0.3) is 0 Å². The average Bonchev–Trinajstić information content (AvgIpc) is 2.06. The highest BCUT2D eigenvalue weighted by Gasteiger charge is 1.96. The molecular weight excluding hydrogens is 258 g/mol. The largest absolute Gasteiger partial charge is 0.384 e. The molecule has 0 unspecified atom stereocenters. The fourth-order valence-electron chi connectivity index (χ4n) is 0.360. The zero-order valence-electron chi connectivity index (χ0n) is 6.96. The van der Waals surface area contributed by atoms with Gasteiger partial charge in [0.05, 0.1) is 0 Å². The third kappa shape index (κ3) is 7.15. The Bertz CT molecular complexity index is 327. The van der Waals surface area contributed by atoms with Crippen molar-refractivity contribution in [3.8, 4) is 47.2 Å². The van der Waals surface area contributed by atoms with Crippen molar-refractivity contribution in [3.63, 3.8) is 0 Å². The molecule has 0 nitrogen and oxygen atoms in total. The minimum Gasteiger partial charge on any atom is -0.112 e. The zero-order chi connectivity index (χ0) is 9.23. The molecule has 0 radical (unpaired) electrons. The molecule has 12 heavy (non-hydrogen) atoms. The second-order valence-electron chi connectivity index (χ2n) is 1.65. The summed E-state index contributed by atoms with van der Waals surface area (Å²) >= 11 is 2.14. The molecule has 0 rings (SSSR count). The Kier molecular flexibility index (Phi) is 7.48. The summed E-state index contributed by atoms with van der Waals surface area (Å²) < 4.78 is 0.0179. The van der Waals surface area contributed by atoms with Crippen molar-refractivity contribution in [2.45, 2.75) is 13.8 Å². The predicted molar refractivity (Wildman–Crippen MR) is 62.2 cm³/mol. The van der Waals surface area contributed by atoms with Crippen LogP contribution in [-0.2, 0) is 0 Å². The third-order valence-corrected chi connectivity index (χ3v) is 1.40. The maximum Gasteiger partial charge on any atom is 0.384 e. The van der Waals surface area contributed by atoms with Crippen LogP contribution < -0.4 is 0 Å². The van der Waals surface area contributed by atoms with Crippen molar-refractivity contribution >= 4 is 26.9 Å². The van der Waals surface area contributed by atoms with Crippen molar-refractivity contribution in [2.75, 3.05) is 0 Å². The standard InChI is InChI=1S/C10H6BI/c1-3-5-7-9-11(12)10-8-6-4-2/h1-2H3. The average molecular weight is 264 g/mol. The molecule has 0 saturated heterocycles. The lowest BCUT2D eigenvalue weighted by atomic mass is 9.81. The van der Waals surface area contributed by atoms with E-state index in [1.54, 1.807) is 13.8 Å². The molecule has 0 bridgehead atoms. The molecule has 0 aromatic carbocycles. The Labute approximate surface area is 87.8 Å². The van der Waals surface area contributed by atoms with E-state index in [-0.39, 0.29) is 4.57 Å². The van der Waals surface area contributed by atoms with Gasteiger partial charge in [-0.05, 0) is 37.5 Å². The molecule has 0 aliphatic carbocycles. The summed E-state index contributed by atoms with van der Waals surface area (Å²) in [6.07, 6.45) is 0. The first-order valence-electron chi connectivity index (χ1n) is 3.30. The van der Waals surface area contributed by atoms with E-state index < -0.39 is 0 Å². The Hall–Kier alpha value is -0.965. The van der Waals surface area contributed by atoms with Crippen LogP contribution in [0.3, 0.4) is 0 Å². The summed E-state index contributed by atoms with van der Waals surface area (Å²) in [7, 11) is 0. The first-order valence-corrected chi connectivity index (χ1v) is 4.54. The summed E-state index contributed by atoms with van der Waals surface area (Å²) in [5.74, 6) is 21.8. The Morgan fingerprint density at radius 1 is 0.833 bits per heavy atom. The summed E-state index contributed by atoms with van der Waals surface area (Å²) in [5.41, 5.74) is 0. The van der Waals surface area contributed by atoms with E-state index in [1.807, 2.05) is 0 Å². The molecule has 0 amide bonds. The number of hydrogen-bond acceptors (Lipinski definition) is 0. The molecule has 0 spiro atoms. The van der Waals surface area contributed by atoms with Crippen molar-refractivity contribution in [2.24, 2.45) is 0 Å². The highest BCUT2D eigenvalue weighted by atomic mass is 127. The molecule has 0 atom stereocenters. The fraction of sp³-hybridized carbons (Fsp3) is 0.200. The Balaban J connectivity index is 4.14. The van der Waals surface area contributed by atoms with E-state index >= 15 is 0 Å². The fourth-order valence-corrected chi connectivity index (χ4v) is 0.671.